The number of nitrogens with one attached hydrogen (secondary N) is 1. The van der Waals surface area contributed by atoms with Crippen LogP contribution in [0.1, 0.15) is 58.8 Å². The lowest BCUT2D eigenvalue weighted by molar-refractivity contribution is -0.143. The Bertz CT molecular complexity index is 329. The van der Waals surface area contributed by atoms with Gasteiger partial charge >= 0.3 is 5.97 Å². The maximum absolute atomic E-state index is 11.6. The summed E-state index contributed by atoms with van der Waals surface area (Å²) in [6.07, 6.45) is 8.40. The third-order valence-electron chi connectivity index (χ3n) is 5.29. The molecule has 0 aromatic carbocycles. The Morgan fingerprint density at radius 2 is 1.95 bits per heavy atom. The van der Waals surface area contributed by atoms with Gasteiger partial charge in [0.2, 0.25) is 0 Å². The van der Waals surface area contributed by atoms with Gasteiger partial charge in [-0.05, 0) is 57.5 Å². The number of ether oxygens (including phenoxy) is 1. The number of carbonyl (C=O) groups is 1. The molecule has 4 heteroatoms. The summed E-state index contributed by atoms with van der Waals surface area (Å²) in [6, 6.07) is 0.599. The van der Waals surface area contributed by atoms with E-state index in [1.807, 2.05) is 6.92 Å². The largest absolute Gasteiger partial charge is 0.466 e. The summed E-state index contributed by atoms with van der Waals surface area (Å²) in [7, 11) is 0. The number of carbonyl (C=O) groups excluding carboxylic acids is 1. The van der Waals surface area contributed by atoms with Crippen molar-refractivity contribution >= 4 is 5.97 Å². The van der Waals surface area contributed by atoms with Crippen LogP contribution in [0.15, 0.2) is 0 Å². The van der Waals surface area contributed by atoms with Gasteiger partial charge in [-0.2, -0.15) is 0 Å². The Morgan fingerprint density at radius 3 is 2.64 bits per heavy atom. The van der Waals surface area contributed by atoms with E-state index in [4.69, 9.17) is 4.74 Å². The second-order valence-electron chi connectivity index (χ2n) is 7.05. The molecule has 2 aliphatic rings. The fourth-order valence-electron chi connectivity index (χ4n) is 4.02. The van der Waals surface area contributed by atoms with Gasteiger partial charge in [0, 0.05) is 25.6 Å². The molecule has 22 heavy (non-hydrogen) atoms. The van der Waals surface area contributed by atoms with Gasteiger partial charge < -0.3 is 15.0 Å². The van der Waals surface area contributed by atoms with Crippen molar-refractivity contribution < 1.29 is 9.53 Å². The van der Waals surface area contributed by atoms with Crippen molar-refractivity contribution in [2.75, 3.05) is 32.8 Å². The molecule has 1 saturated heterocycles. The van der Waals surface area contributed by atoms with Crippen molar-refractivity contribution in [1.82, 2.24) is 10.2 Å². The fraction of sp³-hybridized carbons (Fsp3) is 0.944. The zero-order valence-corrected chi connectivity index (χ0v) is 14.5. The van der Waals surface area contributed by atoms with E-state index in [9.17, 15) is 4.79 Å². The van der Waals surface area contributed by atoms with Crippen molar-refractivity contribution in [3.05, 3.63) is 0 Å². The molecule has 128 valence electrons. The van der Waals surface area contributed by atoms with Crippen LogP contribution in [-0.2, 0) is 9.53 Å². The van der Waals surface area contributed by atoms with Crippen LogP contribution in [0.25, 0.3) is 0 Å². The van der Waals surface area contributed by atoms with Crippen molar-refractivity contribution in [2.45, 2.75) is 64.8 Å². The number of likely N-dealkylation sites (tertiary alicyclic amines) is 1. The Morgan fingerprint density at radius 1 is 1.18 bits per heavy atom. The molecule has 0 amide bonds. The number of hydrogen-bond donors (Lipinski definition) is 1. The number of esters is 1. The molecule has 2 unspecified atom stereocenters. The summed E-state index contributed by atoms with van der Waals surface area (Å²) < 4.78 is 5.06. The first kappa shape index (κ1) is 17.7. The summed E-state index contributed by atoms with van der Waals surface area (Å²) in [5.41, 5.74) is 0. The number of piperidine rings is 1. The maximum Gasteiger partial charge on any atom is 0.305 e. The van der Waals surface area contributed by atoms with Gasteiger partial charge in [0.05, 0.1) is 6.61 Å². The molecule has 1 saturated carbocycles. The topological polar surface area (TPSA) is 41.6 Å². The lowest BCUT2D eigenvalue weighted by atomic mass is 9.90. The third-order valence-corrected chi connectivity index (χ3v) is 5.29. The highest BCUT2D eigenvalue weighted by atomic mass is 16.5. The molecule has 1 N–H and O–H groups in total. The number of likely N-dealkylation sites (N-methyl/N-ethyl adjacent to an activating group) is 1. The summed E-state index contributed by atoms with van der Waals surface area (Å²) in [5.74, 6) is 1.49. The highest BCUT2D eigenvalue weighted by Gasteiger charge is 2.27. The van der Waals surface area contributed by atoms with Gasteiger partial charge in [0.15, 0.2) is 0 Å². The Hall–Kier alpha value is -0.610. The van der Waals surface area contributed by atoms with E-state index in [0.29, 0.717) is 25.0 Å². The highest BCUT2D eigenvalue weighted by molar-refractivity contribution is 5.69. The van der Waals surface area contributed by atoms with Crippen LogP contribution >= 0.6 is 0 Å². The Kier molecular flexibility index (Phi) is 7.67. The Labute approximate surface area is 136 Å². The molecule has 0 bridgehead atoms. The molecule has 0 aromatic rings. The van der Waals surface area contributed by atoms with E-state index in [1.165, 1.54) is 45.2 Å². The SMILES string of the molecule is CCOC(=O)CCC1CC(NCC2CCCC2)CN(CC)C1. The first-order valence-corrected chi connectivity index (χ1v) is 9.32. The molecule has 1 aliphatic carbocycles. The molecule has 1 aliphatic heterocycles. The second kappa shape index (κ2) is 9.51. The van der Waals surface area contributed by atoms with Crippen LogP contribution in [0.5, 0.6) is 0 Å². The van der Waals surface area contributed by atoms with E-state index in [2.05, 4.69) is 17.1 Å². The maximum atomic E-state index is 11.6. The van der Waals surface area contributed by atoms with Crippen LogP contribution in [0.4, 0.5) is 0 Å². The van der Waals surface area contributed by atoms with Crippen molar-refractivity contribution in [1.29, 1.82) is 0 Å². The normalized spacial score (nSPS) is 27.2. The molecule has 2 rings (SSSR count). The van der Waals surface area contributed by atoms with Crippen molar-refractivity contribution in [3.63, 3.8) is 0 Å². The van der Waals surface area contributed by atoms with E-state index < -0.39 is 0 Å². The van der Waals surface area contributed by atoms with Gasteiger partial charge in [-0.3, -0.25) is 4.79 Å². The van der Waals surface area contributed by atoms with Gasteiger partial charge in [0.25, 0.3) is 0 Å². The predicted molar refractivity (Wildman–Crippen MR) is 89.8 cm³/mol. The smallest absolute Gasteiger partial charge is 0.305 e. The minimum atomic E-state index is -0.0356. The van der Waals surface area contributed by atoms with Gasteiger partial charge in [-0.25, -0.2) is 0 Å². The molecule has 4 nitrogen and oxygen atoms in total. The fourth-order valence-corrected chi connectivity index (χ4v) is 4.02. The van der Waals surface area contributed by atoms with Crippen LogP contribution in [-0.4, -0.2) is 49.7 Å². The van der Waals surface area contributed by atoms with E-state index in [-0.39, 0.29) is 5.97 Å². The van der Waals surface area contributed by atoms with E-state index in [1.54, 1.807) is 0 Å². The van der Waals surface area contributed by atoms with Crippen molar-refractivity contribution in [3.8, 4) is 0 Å². The van der Waals surface area contributed by atoms with Crippen LogP contribution in [0.2, 0.25) is 0 Å². The average Bonchev–Trinajstić information content (AvgIpc) is 3.04. The molecular formula is C18H34N2O2. The Balaban J connectivity index is 1.74. The molecule has 1 heterocycles. The van der Waals surface area contributed by atoms with Crippen LogP contribution < -0.4 is 5.32 Å². The molecule has 0 spiro atoms. The quantitative estimate of drug-likeness (QED) is 0.700. The lowest BCUT2D eigenvalue weighted by Crippen LogP contribution is -2.50. The van der Waals surface area contributed by atoms with Crippen molar-refractivity contribution in [2.24, 2.45) is 11.8 Å². The van der Waals surface area contributed by atoms with Gasteiger partial charge in [-0.15, -0.1) is 0 Å². The minimum absolute atomic E-state index is 0.0356. The average molecular weight is 310 g/mol. The third kappa shape index (κ3) is 5.88. The second-order valence-corrected chi connectivity index (χ2v) is 7.05. The van der Waals surface area contributed by atoms with E-state index >= 15 is 0 Å². The minimum Gasteiger partial charge on any atom is -0.466 e. The first-order valence-electron chi connectivity index (χ1n) is 9.32. The number of rotatable bonds is 8. The lowest BCUT2D eigenvalue weighted by Gasteiger charge is -2.38. The standard InChI is InChI=1S/C18H34N2O2/c1-3-20-13-16(9-10-18(21)22-4-2)11-17(14-20)19-12-15-7-5-6-8-15/h15-17,19H,3-14H2,1-2H3. The van der Waals surface area contributed by atoms with Gasteiger partial charge in [-0.1, -0.05) is 19.8 Å². The van der Waals surface area contributed by atoms with Crippen LogP contribution in [0, 0.1) is 11.8 Å². The summed E-state index contributed by atoms with van der Waals surface area (Å²) in [4.78, 5) is 14.1. The van der Waals surface area contributed by atoms with Gasteiger partial charge in [0.1, 0.15) is 0 Å². The monoisotopic (exact) mass is 310 g/mol. The molecule has 2 atom stereocenters. The summed E-state index contributed by atoms with van der Waals surface area (Å²) >= 11 is 0. The predicted octanol–water partition coefficient (Wildman–Crippen LogP) is 2.82. The summed E-state index contributed by atoms with van der Waals surface area (Å²) in [5, 5.41) is 3.81. The summed E-state index contributed by atoms with van der Waals surface area (Å²) in [6.45, 7) is 9.21. The molecule has 0 aromatic heterocycles. The number of hydrogen-bond acceptors (Lipinski definition) is 4. The molecule has 0 radical (unpaired) electrons. The van der Waals surface area contributed by atoms with E-state index in [0.717, 1.165) is 25.4 Å². The molecular weight excluding hydrogens is 276 g/mol. The first-order chi connectivity index (χ1) is 10.7. The van der Waals surface area contributed by atoms with Crippen LogP contribution in [0.3, 0.4) is 0 Å². The zero-order chi connectivity index (χ0) is 15.8. The highest BCUT2D eigenvalue weighted by Crippen LogP contribution is 2.25. The number of nitrogens with zero attached hydrogens (tertiary/aromatic N) is 1. The molecule has 2 fully saturated rings. The zero-order valence-electron chi connectivity index (χ0n) is 14.5.